The molecule has 4 nitrogen and oxygen atoms in total. The highest BCUT2D eigenvalue weighted by Crippen LogP contribution is 2.24. The van der Waals surface area contributed by atoms with Crippen LogP contribution in [0.25, 0.3) is 0 Å². The number of amides is 1. The summed E-state index contributed by atoms with van der Waals surface area (Å²) in [6.07, 6.45) is 0. The molecule has 92 valence electrons. The number of carbonyl (C=O) groups excluding carboxylic acids is 1. The molecule has 0 saturated heterocycles. The van der Waals surface area contributed by atoms with Crippen LogP contribution in [0.15, 0.2) is 39.5 Å². The van der Waals surface area contributed by atoms with Crippen LogP contribution in [0.1, 0.15) is 20.7 Å². The molecule has 0 aliphatic heterocycles. The van der Waals surface area contributed by atoms with Gasteiger partial charge in [0.05, 0.1) is 16.8 Å². The molecule has 1 heterocycles. The van der Waals surface area contributed by atoms with E-state index in [0.29, 0.717) is 15.7 Å². The number of benzene rings is 1. The predicted molar refractivity (Wildman–Crippen MR) is 73.4 cm³/mol. The van der Waals surface area contributed by atoms with E-state index in [4.69, 9.17) is 5.11 Å². The molecule has 0 aliphatic rings. The lowest BCUT2D eigenvalue weighted by Crippen LogP contribution is -2.11. The molecule has 18 heavy (non-hydrogen) atoms. The number of carboxylic acid groups (broad SMARTS) is 1. The first-order chi connectivity index (χ1) is 8.58. The van der Waals surface area contributed by atoms with Crippen molar-refractivity contribution in [3.05, 3.63) is 50.6 Å². The number of aromatic carboxylic acids is 1. The summed E-state index contributed by atoms with van der Waals surface area (Å²) >= 11 is 4.67. The molecule has 0 unspecified atom stereocenters. The van der Waals surface area contributed by atoms with Crippen molar-refractivity contribution >= 4 is 44.8 Å². The zero-order valence-electron chi connectivity index (χ0n) is 9.01. The predicted octanol–water partition coefficient (Wildman–Crippen LogP) is 3.46. The summed E-state index contributed by atoms with van der Waals surface area (Å²) < 4.78 is 0.533. The van der Waals surface area contributed by atoms with Gasteiger partial charge in [-0.3, -0.25) is 4.79 Å². The van der Waals surface area contributed by atoms with Crippen LogP contribution in [-0.2, 0) is 0 Å². The van der Waals surface area contributed by atoms with Crippen molar-refractivity contribution in [3.8, 4) is 0 Å². The van der Waals surface area contributed by atoms with Crippen LogP contribution >= 0.6 is 27.3 Å². The van der Waals surface area contributed by atoms with Crippen LogP contribution in [0.5, 0.6) is 0 Å². The Morgan fingerprint density at radius 2 is 2.00 bits per heavy atom. The lowest BCUT2D eigenvalue weighted by molar-refractivity contribution is 0.0696. The summed E-state index contributed by atoms with van der Waals surface area (Å²) in [4.78, 5) is 22.6. The lowest BCUT2D eigenvalue weighted by atomic mass is 10.2. The minimum atomic E-state index is -1.01. The highest BCUT2D eigenvalue weighted by molar-refractivity contribution is 9.10. The molecule has 2 aromatic rings. The number of halogens is 1. The maximum atomic E-state index is 11.8. The summed E-state index contributed by atoms with van der Waals surface area (Å²) in [7, 11) is 0. The Morgan fingerprint density at radius 1 is 1.22 bits per heavy atom. The zero-order valence-corrected chi connectivity index (χ0v) is 11.4. The number of carboxylic acids is 1. The third-order valence-corrected chi connectivity index (χ3v) is 3.59. The summed E-state index contributed by atoms with van der Waals surface area (Å²) in [5.41, 5.74) is 1.28. The molecule has 0 bridgehead atoms. The third-order valence-electron chi connectivity index (χ3n) is 2.25. The Labute approximate surface area is 115 Å². The molecule has 2 rings (SSSR count). The van der Waals surface area contributed by atoms with E-state index in [2.05, 4.69) is 21.2 Å². The standard InChI is InChI=1S/C12H8BrNO3S/c13-9-5-7(12(16)17)1-2-10(9)14-11(15)8-3-4-18-6-8/h1-6H,(H,14,15)(H,16,17). The molecular formula is C12H8BrNO3S. The highest BCUT2D eigenvalue weighted by Gasteiger charge is 2.10. The number of hydrogen-bond donors (Lipinski definition) is 2. The monoisotopic (exact) mass is 325 g/mol. The molecular weight excluding hydrogens is 318 g/mol. The van der Waals surface area contributed by atoms with Crippen LogP contribution in [0.4, 0.5) is 5.69 Å². The first-order valence-electron chi connectivity index (χ1n) is 4.94. The Hall–Kier alpha value is -1.66. The molecule has 0 atom stereocenters. The number of carbonyl (C=O) groups is 2. The molecule has 1 aromatic heterocycles. The SMILES string of the molecule is O=C(O)c1ccc(NC(=O)c2ccsc2)c(Br)c1. The molecule has 1 aromatic carbocycles. The van der Waals surface area contributed by atoms with E-state index in [1.165, 1.54) is 23.5 Å². The quantitative estimate of drug-likeness (QED) is 0.908. The topological polar surface area (TPSA) is 66.4 Å². The fourth-order valence-electron chi connectivity index (χ4n) is 1.34. The van der Waals surface area contributed by atoms with E-state index >= 15 is 0 Å². The lowest BCUT2D eigenvalue weighted by Gasteiger charge is -2.07. The van der Waals surface area contributed by atoms with Crippen molar-refractivity contribution in [2.24, 2.45) is 0 Å². The van der Waals surface area contributed by atoms with Crippen molar-refractivity contribution in [1.82, 2.24) is 0 Å². The van der Waals surface area contributed by atoms with Crippen LogP contribution in [0.3, 0.4) is 0 Å². The van der Waals surface area contributed by atoms with Crippen molar-refractivity contribution in [3.63, 3.8) is 0 Å². The summed E-state index contributed by atoms with van der Waals surface area (Å²) in [6, 6.07) is 6.17. The Kier molecular flexibility index (Phi) is 3.78. The fourth-order valence-corrected chi connectivity index (χ4v) is 2.45. The van der Waals surface area contributed by atoms with E-state index in [1.54, 1.807) is 17.5 Å². The number of thiophene rings is 1. The van der Waals surface area contributed by atoms with Gasteiger partial charge in [-0.05, 0) is 45.6 Å². The molecule has 0 radical (unpaired) electrons. The average molecular weight is 326 g/mol. The minimum absolute atomic E-state index is 0.162. The van der Waals surface area contributed by atoms with Gasteiger partial charge in [0.15, 0.2) is 0 Å². The van der Waals surface area contributed by atoms with E-state index in [9.17, 15) is 9.59 Å². The van der Waals surface area contributed by atoms with Gasteiger partial charge in [-0.1, -0.05) is 0 Å². The minimum Gasteiger partial charge on any atom is -0.478 e. The molecule has 1 amide bonds. The van der Waals surface area contributed by atoms with E-state index in [-0.39, 0.29) is 11.5 Å². The fraction of sp³-hybridized carbons (Fsp3) is 0. The van der Waals surface area contributed by atoms with Gasteiger partial charge >= 0.3 is 5.97 Å². The zero-order chi connectivity index (χ0) is 13.1. The normalized spacial score (nSPS) is 10.1. The molecule has 6 heteroatoms. The highest BCUT2D eigenvalue weighted by atomic mass is 79.9. The van der Waals surface area contributed by atoms with Crippen LogP contribution < -0.4 is 5.32 Å². The van der Waals surface area contributed by atoms with Gasteiger partial charge in [0, 0.05) is 9.85 Å². The summed E-state index contributed by atoms with van der Waals surface area (Å²) in [6.45, 7) is 0. The number of anilines is 1. The molecule has 2 N–H and O–H groups in total. The molecule has 0 saturated carbocycles. The molecule has 0 aliphatic carbocycles. The van der Waals surface area contributed by atoms with Crippen molar-refractivity contribution in [1.29, 1.82) is 0 Å². The van der Waals surface area contributed by atoms with Crippen LogP contribution in [0.2, 0.25) is 0 Å². The molecule has 0 spiro atoms. The van der Waals surface area contributed by atoms with Crippen molar-refractivity contribution < 1.29 is 14.7 Å². The van der Waals surface area contributed by atoms with Crippen LogP contribution in [0, 0.1) is 0 Å². The maximum Gasteiger partial charge on any atom is 0.335 e. The van der Waals surface area contributed by atoms with E-state index in [1.807, 2.05) is 5.38 Å². The van der Waals surface area contributed by atoms with Gasteiger partial charge in [-0.25, -0.2) is 4.79 Å². The third kappa shape index (κ3) is 2.77. The second-order valence-corrected chi connectivity index (χ2v) is 5.10. The first kappa shape index (κ1) is 12.8. The van der Waals surface area contributed by atoms with Gasteiger partial charge in [0.1, 0.15) is 0 Å². The van der Waals surface area contributed by atoms with E-state index in [0.717, 1.165) is 0 Å². The van der Waals surface area contributed by atoms with Gasteiger partial charge in [0.25, 0.3) is 5.91 Å². The Morgan fingerprint density at radius 3 is 2.56 bits per heavy atom. The largest absolute Gasteiger partial charge is 0.478 e. The average Bonchev–Trinajstić information content (AvgIpc) is 2.85. The van der Waals surface area contributed by atoms with Gasteiger partial charge in [0.2, 0.25) is 0 Å². The summed E-state index contributed by atoms with van der Waals surface area (Å²) in [5, 5.41) is 15.1. The van der Waals surface area contributed by atoms with Crippen molar-refractivity contribution in [2.75, 3.05) is 5.32 Å². The molecule has 0 fully saturated rings. The van der Waals surface area contributed by atoms with E-state index < -0.39 is 5.97 Å². The van der Waals surface area contributed by atoms with Crippen molar-refractivity contribution in [2.45, 2.75) is 0 Å². The number of nitrogens with one attached hydrogen (secondary N) is 1. The number of hydrogen-bond acceptors (Lipinski definition) is 3. The van der Waals surface area contributed by atoms with Gasteiger partial charge < -0.3 is 10.4 Å². The second kappa shape index (κ2) is 5.32. The van der Waals surface area contributed by atoms with Gasteiger partial charge in [-0.2, -0.15) is 11.3 Å². The Bertz CT molecular complexity index is 595. The van der Waals surface area contributed by atoms with Crippen LogP contribution in [-0.4, -0.2) is 17.0 Å². The van der Waals surface area contributed by atoms with Gasteiger partial charge in [-0.15, -0.1) is 0 Å². The maximum absolute atomic E-state index is 11.8. The smallest absolute Gasteiger partial charge is 0.335 e. The summed E-state index contributed by atoms with van der Waals surface area (Å²) in [5.74, 6) is -1.23. The second-order valence-electron chi connectivity index (χ2n) is 3.47. The Balaban J connectivity index is 2.20. The number of rotatable bonds is 3. The first-order valence-corrected chi connectivity index (χ1v) is 6.68.